The third-order valence-corrected chi connectivity index (χ3v) is 4.32. The molecule has 22 heavy (non-hydrogen) atoms. The van der Waals surface area contributed by atoms with Gasteiger partial charge in [0, 0.05) is 18.9 Å². The van der Waals surface area contributed by atoms with Gasteiger partial charge in [-0.25, -0.2) is 0 Å². The summed E-state index contributed by atoms with van der Waals surface area (Å²) >= 11 is 0. The second kappa shape index (κ2) is 5.91. The van der Waals surface area contributed by atoms with Crippen molar-refractivity contribution in [3.05, 3.63) is 46.6 Å². The number of hydrogen-bond donors (Lipinski definition) is 1. The van der Waals surface area contributed by atoms with E-state index in [0.717, 1.165) is 40.5 Å². The average Bonchev–Trinajstić information content (AvgIpc) is 2.76. The number of aryl methyl sites for hydroxylation is 2. The van der Waals surface area contributed by atoms with Crippen molar-refractivity contribution in [1.82, 2.24) is 4.57 Å². The van der Waals surface area contributed by atoms with E-state index in [4.69, 9.17) is 4.74 Å². The predicted molar refractivity (Wildman–Crippen MR) is 92.3 cm³/mol. The van der Waals surface area contributed by atoms with Crippen molar-refractivity contribution in [3.63, 3.8) is 0 Å². The molecule has 2 aromatic rings. The number of aromatic nitrogens is 1. The Kier molecular flexibility index (Phi) is 3.97. The molecule has 1 aromatic carbocycles. The largest absolute Gasteiger partial charge is 0.488 e. The third-order valence-electron chi connectivity index (χ3n) is 4.32. The number of rotatable bonds is 4. The van der Waals surface area contributed by atoms with Gasteiger partial charge in [0.25, 0.3) is 0 Å². The summed E-state index contributed by atoms with van der Waals surface area (Å²) in [6.07, 6.45) is 6.01. The van der Waals surface area contributed by atoms with Gasteiger partial charge < -0.3 is 14.6 Å². The second-order valence-corrected chi connectivity index (χ2v) is 6.22. The predicted octanol–water partition coefficient (Wildman–Crippen LogP) is 2.92. The summed E-state index contributed by atoms with van der Waals surface area (Å²) < 4.78 is 8.23. The molecule has 0 saturated heterocycles. The van der Waals surface area contributed by atoms with E-state index in [-0.39, 0.29) is 0 Å². The molecular formula is C19H24N2O. The molecular weight excluding hydrogens is 272 g/mol. The lowest BCUT2D eigenvalue weighted by Crippen LogP contribution is -2.30. The van der Waals surface area contributed by atoms with Crippen LogP contribution in [0.3, 0.4) is 0 Å². The summed E-state index contributed by atoms with van der Waals surface area (Å²) in [4.78, 5) is 0. The van der Waals surface area contributed by atoms with Crippen molar-refractivity contribution >= 4 is 18.0 Å². The van der Waals surface area contributed by atoms with Crippen molar-refractivity contribution < 1.29 is 4.74 Å². The molecule has 1 saturated carbocycles. The van der Waals surface area contributed by atoms with Crippen LogP contribution in [0.25, 0.3) is 12.3 Å². The standard InChI is InChI=1S/C19H24N2O/c1-13-8-9-17(18(12-13)22-16-6-5-7-16)20-15(3)19-14(2)10-11-21(19)4/h8-12,16,20H,2,5-7H2,1,3-4H3/b19-15-. The molecule has 0 radical (unpaired) electrons. The van der Waals surface area contributed by atoms with Crippen molar-refractivity contribution in [2.75, 3.05) is 5.32 Å². The van der Waals surface area contributed by atoms with E-state index >= 15 is 0 Å². The van der Waals surface area contributed by atoms with Crippen molar-refractivity contribution in [2.45, 2.75) is 39.2 Å². The fraction of sp³-hybridized carbons (Fsp3) is 0.368. The van der Waals surface area contributed by atoms with Gasteiger partial charge in [0.1, 0.15) is 5.75 Å². The molecule has 1 aromatic heterocycles. The highest BCUT2D eigenvalue weighted by Crippen LogP contribution is 2.32. The molecule has 3 heteroatoms. The minimum Gasteiger partial charge on any atom is -0.488 e. The van der Waals surface area contributed by atoms with Crippen LogP contribution in [0.15, 0.2) is 30.5 Å². The van der Waals surface area contributed by atoms with E-state index in [9.17, 15) is 0 Å². The molecule has 3 rings (SSSR count). The Bertz CT molecular complexity index is 784. The van der Waals surface area contributed by atoms with Crippen LogP contribution in [0, 0.1) is 6.92 Å². The van der Waals surface area contributed by atoms with E-state index in [1.54, 1.807) is 0 Å². The lowest BCUT2D eigenvalue weighted by Gasteiger charge is -2.28. The topological polar surface area (TPSA) is 26.2 Å². The van der Waals surface area contributed by atoms with Crippen LogP contribution in [-0.2, 0) is 7.05 Å². The average molecular weight is 296 g/mol. The molecule has 1 N–H and O–H groups in total. The van der Waals surface area contributed by atoms with Gasteiger partial charge in [-0.15, -0.1) is 0 Å². The Hall–Kier alpha value is -2.16. The molecule has 0 atom stereocenters. The van der Waals surface area contributed by atoms with E-state index in [1.165, 1.54) is 12.0 Å². The normalized spacial score (nSPS) is 16.1. The lowest BCUT2D eigenvalue weighted by atomic mass is 9.96. The third kappa shape index (κ3) is 2.89. The van der Waals surface area contributed by atoms with Gasteiger partial charge in [0.15, 0.2) is 0 Å². The number of nitrogens with zero attached hydrogens (tertiary/aromatic N) is 1. The summed E-state index contributed by atoms with van der Waals surface area (Å²) in [5.41, 5.74) is 3.32. The maximum atomic E-state index is 6.14. The molecule has 0 aliphatic heterocycles. The highest BCUT2D eigenvalue weighted by atomic mass is 16.5. The molecule has 1 fully saturated rings. The lowest BCUT2D eigenvalue weighted by molar-refractivity contribution is 0.121. The molecule has 0 spiro atoms. The first-order valence-corrected chi connectivity index (χ1v) is 7.90. The summed E-state index contributed by atoms with van der Waals surface area (Å²) in [6, 6.07) is 8.35. The highest BCUT2D eigenvalue weighted by molar-refractivity contribution is 5.69. The second-order valence-electron chi connectivity index (χ2n) is 6.22. The highest BCUT2D eigenvalue weighted by Gasteiger charge is 2.20. The first-order valence-electron chi connectivity index (χ1n) is 7.90. The number of hydrogen-bond acceptors (Lipinski definition) is 2. The minimum absolute atomic E-state index is 0.376. The molecule has 1 heterocycles. The van der Waals surface area contributed by atoms with Crippen LogP contribution in [0.5, 0.6) is 5.75 Å². The summed E-state index contributed by atoms with van der Waals surface area (Å²) in [6.45, 7) is 8.28. The quantitative estimate of drug-likeness (QED) is 0.939. The Morgan fingerprint density at radius 2 is 2.09 bits per heavy atom. The first-order chi connectivity index (χ1) is 10.5. The molecule has 3 nitrogen and oxygen atoms in total. The van der Waals surface area contributed by atoms with E-state index in [0.29, 0.717) is 6.10 Å². The SMILES string of the molecule is C=c1ccn(C)/c1=C(/C)Nc1ccc(C)cc1OC1CCC1. The van der Waals surface area contributed by atoms with E-state index < -0.39 is 0 Å². The summed E-state index contributed by atoms with van der Waals surface area (Å²) in [5, 5.41) is 5.66. The van der Waals surface area contributed by atoms with Gasteiger partial charge in [-0.3, -0.25) is 0 Å². The van der Waals surface area contributed by atoms with Crippen LogP contribution in [0.1, 0.15) is 31.7 Å². The zero-order chi connectivity index (χ0) is 15.7. The van der Waals surface area contributed by atoms with Gasteiger partial charge >= 0.3 is 0 Å². The number of ether oxygens (including phenoxy) is 1. The molecule has 0 amide bonds. The van der Waals surface area contributed by atoms with Gasteiger partial charge in [0.2, 0.25) is 0 Å². The minimum atomic E-state index is 0.376. The summed E-state index contributed by atoms with van der Waals surface area (Å²) in [5.74, 6) is 0.948. The number of nitrogens with one attached hydrogen (secondary N) is 1. The fourth-order valence-corrected chi connectivity index (χ4v) is 2.85. The number of benzene rings is 1. The number of anilines is 1. The Labute approximate surface area is 131 Å². The van der Waals surface area contributed by atoms with Crippen molar-refractivity contribution in [1.29, 1.82) is 0 Å². The Morgan fingerprint density at radius 3 is 2.68 bits per heavy atom. The van der Waals surface area contributed by atoms with Crippen molar-refractivity contribution in [3.8, 4) is 5.75 Å². The van der Waals surface area contributed by atoms with E-state index in [2.05, 4.69) is 48.5 Å². The van der Waals surface area contributed by atoms with Gasteiger partial charge in [-0.2, -0.15) is 0 Å². The molecule has 1 aliphatic carbocycles. The fourth-order valence-electron chi connectivity index (χ4n) is 2.85. The van der Waals surface area contributed by atoms with Gasteiger partial charge in [0.05, 0.1) is 17.1 Å². The van der Waals surface area contributed by atoms with Crippen LogP contribution < -0.4 is 20.6 Å². The smallest absolute Gasteiger partial charge is 0.143 e. The molecule has 116 valence electrons. The Balaban J connectivity index is 1.95. The van der Waals surface area contributed by atoms with Crippen LogP contribution in [0.4, 0.5) is 5.69 Å². The molecule has 0 unspecified atom stereocenters. The summed E-state index contributed by atoms with van der Waals surface area (Å²) in [7, 11) is 2.04. The van der Waals surface area contributed by atoms with Crippen LogP contribution in [0.2, 0.25) is 0 Å². The van der Waals surface area contributed by atoms with Gasteiger partial charge in [-0.05, 0) is 62.1 Å². The van der Waals surface area contributed by atoms with Crippen LogP contribution in [-0.4, -0.2) is 10.7 Å². The Morgan fingerprint density at radius 1 is 1.32 bits per heavy atom. The van der Waals surface area contributed by atoms with Gasteiger partial charge in [-0.1, -0.05) is 12.6 Å². The zero-order valence-electron chi connectivity index (χ0n) is 13.6. The van der Waals surface area contributed by atoms with Crippen LogP contribution >= 0.6 is 0 Å². The van der Waals surface area contributed by atoms with Crippen molar-refractivity contribution in [2.24, 2.45) is 7.05 Å². The monoisotopic (exact) mass is 296 g/mol. The maximum Gasteiger partial charge on any atom is 0.143 e. The molecule has 1 aliphatic rings. The molecule has 0 bridgehead atoms. The van der Waals surface area contributed by atoms with E-state index in [1.807, 2.05) is 19.3 Å². The first kappa shape index (κ1) is 14.8. The maximum absolute atomic E-state index is 6.14. The zero-order valence-corrected chi connectivity index (χ0v) is 13.6.